The van der Waals surface area contributed by atoms with Crippen LogP contribution in [0.15, 0.2) is 23.1 Å². The quantitative estimate of drug-likeness (QED) is 0.751. The summed E-state index contributed by atoms with van der Waals surface area (Å²) in [4.78, 5) is 0.192. The Balaban J connectivity index is 0.00000225. The maximum absolute atomic E-state index is 13.2. The molecule has 1 saturated heterocycles. The molecule has 0 bridgehead atoms. The lowest BCUT2D eigenvalue weighted by Gasteiger charge is -2.27. The number of sulfonamides is 1. The van der Waals surface area contributed by atoms with E-state index in [0.717, 1.165) is 25.7 Å². The van der Waals surface area contributed by atoms with Crippen LogP contribution in [0.2, 0.25) is 5.02 Å². The van der Waals surface area contributed by atoms with Gasteiger partial charge in [-0.25, -0.2) is 8.42 Å². The van der Waals surface area contributed by atoms with Crippen LogP contribution in [-0.4, -0.2) is 45.5 Å². The van der Waals surface area contributed by atoms with E-state index < -0.39 is 10.0 Å². The highest BCUT2D eigenvalue weighted by Crippen LogP contribution is 2.35. The van der Waals surface area contributed by atoms with Crippen molar-refractivity contribution in [3.05, 3.63) is 23.2 Å². The number of hydrogen-bond acceptors (Lipinski definition) is 4. The molecule has 0 amide bonds. The molecule has 25 heavy (non-hydrogen) atoms. The Hall–Kier alpha value is -0.530. The van der Waals surface area contributed by atoms with Gasteiger partial charge in [0.1, 0.15) is 10.6 Å². The highest BCUT2D eigenvalue weighted by atomic mass is 35.5. The van der Waals surface area contributed by atoms with Gasteiger partial charge in [-0.2, -0.15) is 4.31 Å². The molecule has 1 aromatic rings. The Kier molecular flexibility index (Phi) is 7.40. The summed E-state index contributed by atoms with van der Waals surface area (Å²) in [7, 11) is -1.77. The summed E-state index contributed by atoms with van der Waals surface area (Å²) in [6.45, 7) is 1.77. The van der Waals surface area contributed by atoms with Gasteiger partial charge in [0.15, 0.2) is 0 Å². The van der Waals surface area contributed by atoms with Crippen molar-refractivity contribution in [2.24, 2.45) is 5.92 Å². The molecule has 1 aliphatic carbocycles. The van der Waals surface area contributed by atoms with Crippen LogP contribution >= 0.6 is 24.0 Å². The normalized spacial score (nSPS) is 21.6. The lowest BCUT2D eigenvalue weighted by atomic mass is 9.86. The molecule has 142 valence electrons. The zero-order valence-electron chi connectivity index (χ0n) is 14.4. The smallest absolute Gasteiger partial charge is 0.247 e. The van der Waals surface area contributed by atoms with E-state index in [1.54, 1.807) is 16.4 Å². The maximum Gasteiger partial charge on any atom is 0.247 e. The monoisotopic (exact) mass is 408 g/mol. The summed E-state index contributed by atoms with van der Waals surface area (Å²) >= 11 is 6.08. The average molecular weight is 409 g/mol. The highest BCUT2D eigenvalue weighted by Gasteiger charge is 2.36. The largest absolute Gasteiger partial charge is 0.492 e. The van der Waals surface area contributed by atoms with Gasteiger partial charge in [-0.1, -0.05) is 18.0 Å². The van der Waals surface area contributed by atoms with Crippen LogP contribution in [0.4, 0.5) is 0 Å². The number of ether oxygens (including phenoxy) is 1. The lowest BCUT2D eigenvalue weighted by molar-refractivity contribution is 0.177. The summed E-state index contributed by atoms with van der Waals surface area (Å²) in [6.07, 6.45) is 5.31. The van der Waals surface area contributed by atoms with Gasteiger partial charge in [-0.05, 0) is 56.8 Å². The summed E-state index contributed by atoms with van der Waals surface area (Å²) in [5.74, 6) is 0.960. The van der Waals surface area contributed by atoms with Crippen LogP contribution < -0.4 is 10.1 Å². The topological polar surface area (TPSA) is 58.6 Å². The van der Waals surface area contributed by atoms with E-state index in [1.807, 2.05) is 7.05 Å². The Morgan fingerprint density at radius 3 is 2.68 bits per heavy atom. The second-order valence-electron chi connectivity index (χ2n) is 6.67. The number of benzene rings is 1. The second kappa shape index (κ2) is 8.91. The summed E-state index contributed by atoms with van der Waals surface area (Å²) in [5, 5.41) is 3.49. The first-order chi connectivity index (χ1) is 11.5. The molecule has 1 atom stereocenters. The molecule has 1 heterocycles. The Morgan fingerprint density at radius 2 is 2.04 bits per heavy atom. The third kappa shape index (κ3) is 4.61. The highest BCUT2D eigenvalue weighted by molar-refractivity contribution is 7.89. The molecule has 1 aliphatic heterocycles. The fourth-order valence-electron chi connectivity index (χ4n) is 3.36. The van der Waals surface area contributed by atoms with Gasteiger partial charge in [-0.15, -0.1) is 12.4 Å². The van der Waals surface area contributed by atoms with Crippen LogP contribution in [0.5, 0.6) is 5.75 Å². The van der Waals surface area contributed by atoms with Crippen molar-refractivity contribution < 1.29 is 13.2 Å². The predicted molar refractivity (Wildman–Crippen MR) is 102 cm³/mol. The lowest BCUT2D eigenvalue weighted by Crippen LogP contribution is -2.40. The molecule has 0 aromatic heterocycles. The molecule has 2 fully saturated rings. The van der Waals surface area contributed by atoms with Crippen molar-refractivity contribution in [3.63, 3.8) is 0 Å². The minimum atomic E-state index is -3.62. The summed E-state index contributed by atoms with van der Waals surface area (Å²) in [6, 6.07) is 4.86. The molecule has 0 radical (unpaired) electrons. The van der Waals surface area contributed by atoms with E-state index in [2.05, 4.69) is 5.32 Å². The zero-order chi connectivity index (χ0) is 17.2. The van der Waals surface area contributed by atoms with E-state index in [4.69, 9.17) is 16.3 Å². The number of nitrogens with one attached hydrogen (secondary N) is 1. The number of hydrogen-bond donors (Lipinski definition) is 1. The summed E-state index contributed by atoms with van der Waals surface area (Å²) < 4.78 is 33.8. The SMILES string of the molecule is CNCC1CCCN1S(=O)(=O)c1cc(Cl)ccc1OCC1CCC1.Cl. The zero-order valence-corrected chi connectivity index (χ0v) is 16.8. The third-order valence-corrected chi connectivity index (χ3v) is 7.16. The van der Waals surface area contributed by atoms with E-state index in [-0.39, 0.29) is 23.3 Å². The minimum Gasteiger partial charge on any atom is -0.492 e. The maximum atomic E-state index is 13.2. The number of nitrogens with zero attached hydrogens (tertiary/aromatic N) is 1. The predicted octanol–water partition coefficient (Wildman–Crippen LogP) is 3.31. The second-order valence-corrected chi connectivity index (χ2v) is 8.96. The van der Waals surface area contributed by atoms with Crippen LogP contribution in [0.1, 0.15) is 32.1 Å². The molecule has 1 unspecified atom stereocenters. The number of likely N-dealkylation sites (N-methyl/N-ethyl adjacent to an activating group) is 1. The van der Waals surface area contributed by atoms with Gasteiger partial charge in [0.05, 0.1) is 6.61 Å². The van der Waals surface area contributed by atoms with Crippen LogP contribution in [0.3, 0.4) is 0 Å². The van der Waals surface area contributed by atoms with Crippen molar-refractivity contribution in [2.75, 3.05) is 26.7 Å². The van der Waals surface area contributed by atoms with Gasteiger partial charge in [0, 0.05) is 24.2 Å². The van der Waals surface area contributed by atoms with E-state index >= 15 is 0 Å². The van der Waals surface area contributed by atoms with Gasteiger partial charge >= 0.3 is 0 Å². The third-order valence-electron chi connectivity index (χ3n) is 4.95. The first kappa shape index (κ1) is 20.8. The summed E-state index contributed by atoms with van der Waals surface area (Å²) in [5.41, 5.74) is 0. The van der Waals surface area contributed by atoms with Crippen LogP contribution in [-0.2, 0) is 10.0 Å². The van der Waals surface area contributed by atoms with Gasteiger partial charge in [0.2, 0.25) is 10.0 Å². The average Bonchev–Trinajstić information content (AvgIpc) is 2.96. The molecule has 3 rings (SSSR count). The van der Waals surface area contributed by atoms with Crippen molar-refractivity contribution in [1.29, 1.82) is 0 Å². The Morgan fingerprint density at radius 1 is 1.28 bits per heavy atom. The first-order valence-electron chi connectivity index (χ1n) is 8.61. The molecule has 2 aliphatic rings. The van der Waals surface area contributed by atoms with E-state index in [9.17, 15) is 8.42 Å². The van der Waals surface area contributed by atoms with Crippen molar-refractivity contribution in [1.82, 2.24) is 9.62 Å². The van der Waals surface area contributed by atoms with Gasteiger partial charge in [0.25, 0.3) is 0 Å². The molecule has 1 aromatic carbocycles. The Bertz CT molecular complexity index is 680. The van der Waals surface area contributed by atoms with Gasteiger partial charge < -0.3 is 10.1 Å². The molecular formula is C17H26Cl2N2O3S. The molecule has 5 nitrogen and oxygen atoms in total. The standard InChI is InChI=1S/C17H25ClN2O3S.ClH/c1-19-11-15-6-3-9-20(15)24(21,22)17-10-14(18)7-8-16(17)23-12-13-4-2-5-13;/h7-8,10,13,15,19H,2-6,9,11-12H2,1H3;1H. The van der Waals surface area contributed by atoms with E-state index in [0.29, 0.717) is 36.4 Å². The van der Waals surface area contributed by atoms with Gasteiger partial charge in [-0.3, -0.25) is 0 Å². The van der Waals surface area contributed by atoms with Crippen LogP contribution in [0.25, 0.3) is 0 Å². The molecular weight excluding hydrogens is 383 g/mol. The minimum absolute atomic E-state index is 0. The molecule has 1 saturated carbocycles. The number of rotatable bonds is 7. The fraction of sp³-hybridized carbons (Fsp3) is 0.647. The van der Waals surface area contributed by atoms with Crippen molar-refractivity contribution in [2.45, 2.75) is 43.0 Å². The van der Waals surface area contributed by atoms with E-state index in [1.165, 1.54) is 12.5 Å². The first-order valence-corrected chi connectivity index (χ1v) is 10.4. The van der Waals surface area contributed by atoms with Crippen LogP contribution in [0, 0.1) is 5.92 Å². The molecule has 8 heteroatoms. The molecule has 1 N–H and O–H groups in total. The number of halogens is 2. The fourth-order valence-corrected chi connectivity index (χ4v) is 5.45. The van der Waals surface area contributed by atoms with Crippen molar-refractivity contribution >= 4 is 34.0 Å². The molecule has 0 spiro atoms. The Labute approximate surface area is 161 Å². The van der Waals surface area contributed by atoms with Crippen molar-refractivity contribution in [3.8, 4) is 5.75 Å².